The third kappa shape index (κ3) is 2.22. The number of nitrogens with zero attached hydrogens (tertiary/aromatic N) is 1. The van der Waals surface area contributed by atoms with Gasteiger partial charge in [0.15, 0.2) is 0 Å². The van der Waals surface area contributed by atoms with Crippen molar-refractivity contribution in [2.45, 2.75) is 13.0 Å². The molecule has 0 saturated heterocycles. The van der Waals surface area contributed by atoms with Crippen LogP contribution in [0.2, 0.25) is 0 Å². The Labute approximate surface area is 91.0 Å². The number of hydrogen-bond acceptors (Lipinski definition) is 3. The summed E-state index contributed by atoms with van der Waals surface area (Å²) in [6.45, 7) is 1.96. The zero-order chi connectivity index (χ0) is 10.8. The lowest BCUT2D eigenvalue weighted by atomic mass is 10.1. The van der Waals surface area contributed by atoms with Gasteiger partial charge >= 0.3 is 0 Å². The fourth-order valence-electron chi connectivity index (χ4n) is 1.34. The number of thiophene rings is 1. The van der Waals surface area contributed by atoms with Gasteiger partial charge in [0.25, 0.3) is 0 Å². The van der Waals surface area contributed by atoms with Crippen LogP contribution in [0.25, 0.3) is 0 Å². The number of aryl methyl sites for hydroxylation is 1. The van der Waals surface area contributed by atoms with E-state index in [1.165, 1.54) is 23.6 Å². The summed E-state index contributed by atoms with van der Waals surface area (Å²) >= 11 is 1.50. The van der Waals surface area contributed by atoms with E-state index in [4.69, 9.17) is 0 Å². The molecule has 1 atom stereocenters. The Kier molecular flexibility index (Phi) is 2.79. The molecule has 0 saturated carbocycles. The molecular weight excluding hydrogens is 213 g/mol. The minimum absolute atomic E-state index is 0.431. The summed E-state index contributed by atoms with van der Waals surface area (Å²) in [5.41, 5.74) is 0.483. The minimum atomic E-state index is -0.785. The summed E-state index contributed by atoms with van der Waals surface area (Å²) < 4.78 is 12.9. The predicted octanol–water partition coefficient (Wildman–Crippen LogP) is 2.67. The number of aliphatic hydroxyl groups excluding tert-OH is 1. The maximum Gasteiger partial charge on any atom is 0.141 e. The average molecular weight is 223 g/mol. The number of hydrogen-bond donors (Lipinski definition) is 1. The second kappa shape index (κ2) is 4.08. The second-order valence-corrected chi connectivity index (χ2v) is 4.61. The van der Waals surface area contributed by atoms with Crippen molar-refractivity contribution in [3.63, 3.8) is 0 Å². The van der Waals surface area contributed by atoms with Crippen LogP contribution in [0.1, 0.15) is 21.4 Å². The van der Waals surface area contributed by atoms with E-state index >= 15 is 0 Å². The van der Waals surface area contributed by atoms with Crippen LogP contribution >= 0.6 is 11.3 Å². The molecule has 1 N–H and O–H groups in total. The monoisotopic (exact) mass is 223 g/mol. The van der Waals surface area contributed by atoms with E-state index in [9.17, 15) is 9.50 Å². The number of aromatic nitrogens is 1. The zero-order valence-electron chi connectivity index (χ0n) is 8.14. The van der Waals surface area contributed by atoms with Crippen molar-refractivity contribution in [2.24, 2.45) is 0 Å². The van der Waals surface area contributed by atoms with Crippen LogP contribution in [-0.2, 0) is 0 Å². The fraction of sp³-hybridized carbons (Fsp3) is 0.182. The van der Waals surface area contributed by atoms with Crippen LogP contribution in [0.3, 0.4) is 0 Å². The Morgan fingerprint density at radius 2 is 2.20 bits per heavy atom. The summed E-state index contributed by atoms with van der Waals surface area (Å²) in [5.74, 6) is -0.431. The highest BCUT2D eigenvalue weighted by atomic mass is 32.1. The zero-order valence-corrected chi connectivity index (χ0v) is 8.96. The normalized spacial score (nSPS) is 12.7. The largest absolute Gasteiger partial charge is 0.383 e. The molecule has 0 aliphatic carbocycles. The highest BCUT2D eigenvalue weighted by molar-refractivity contribution is 7.12. The Bertz CT molecular complexity index is 469. The van der Waals surface area contributed by atoms with Gasteiger partial charge in [-0.25, -0.2) is 4.39 Å². The van der Waals surface area contributed by atoms with Gasteiger partial charge < -0.3 is 5.11 Å². The third-order valence-corrected chi connectivity index (χ3v) is 3.13. The topological polar surface area (TPSA) is 33.1 Å². The van der Waals surface area contributed by atoms with Crippen LogP contribution in [0, 0.1) is 12.7 Å². The molecule has 0 amide bonds. The molecule has 2 heterocycles. The first-order valence-electron chi connectivity index (χ1n) is 4.51. The van der Waals surface area contributed by atoms with E-state index in [-0.39, 0.29) is 0 Å². The van der Waals surface area contributed by atoms with Gasteiger partial charge in [-0.15, -0.1) is 11.3 Å². The standard InChI is InChI=1S/C11H10FNOS/c1-7-2-3-10(15-7)11(14)8-4-9(12)6-13-5-8/h2-6,11,14H,1H3. The van der Waals surface area contributed by atoms with E-state index in [1.54, 1.807) is 0 Å². The van der Waals surface area contributed by atoms with Crippen LogP contribution in [0.5, 0.6) is 0 Å². The maximum atomic E-state index is 12.9. The Hall–Kier alpha value is -1.26. The SMILES string of the molecule is Cc1ccc(C(O)c2cncc(F)c2)s1. The summed E-state index contributed by atoms with van der Waals surface area (Å²) in [6, 6.07) is 5.07. The predicted molar refractivity (Wildman–Crippen MR) is 57.3 cm³/mol. The molecule has 0 radical (unpaired) electrons. The van der Waals surface area contributed by atoms with Crippen LogP contribution in [0.15, 0.2) is 30.6 Å². The van der Waals surface area contributed by atoms with Gasteiger partial charge in [-0.2, -0.15) is 0 Å². The quantitative estimate of drug-likeness (QED) is 0.849. The molecule has 2 aromatic heterocycles. The van der Waals surface area contributed by atoms with E-state index < -0.39 is 11.9 Å². The maximum absolute atomic E-state index is 12.9. The molecule has 4 heteroatoms. The first-order valence-corrected chi connectivity index (χ1v) is 5.33. The molecule has 0 aliphatic heterocycles. The summed E-state index contributed by atoms with van der Waals surface area (Å²) in [4.78, 5) is 5.63. The van der Waals surface area contributed by atoms with Crippen molar-refractivity contribution in [1.29, 1.82) is 0 Å². The molecule has 0 aliphatic rings. The Morgan fingerprint density at radius 3 is 2.80 bits per heavy atom. The summed E-state index contributed by atoms with van der Waals surface area (Å²) in [6.07, 6.45) is 1.81. The lowest BCUT2D eigenvalue weighted by molar-refractivity contribution is 0.223. The van der Waals surface area contributed by atoms with Crippen molar-refractivity contribution >= 4 is 11.3 Å². The second-order valence-electron chi connectivity index (χ2n) is 3.29. The Balaban J connectivity index is 2.32. The van der Waals surface area contributed by atoms with Crippen molar-refractivity contribution in [2.75, 3.05) is 0 Å². The molecule has 78 valence electrons. The average Bonchev–Trinajstić information content (AvgIpc) is 2.64. The van der Waals surface area contributed by atoms with Crippen molar-refractivity contribution in [3.05, 3.63) is 51.7 Å². The summed E-state index contributed by atoms with van der Waals surface area (Å²) in [7, 11) is 0. The smallest absolute Gasteiger partial charge is 0.141 e. The van der Waals surface area contributed by atoms with Gasteiger partial charge in [-0.1, -0.05) is 0 Å². The number of halogens is 1. The lowest BCUT2D eigenvalue weighted by Crippen LogP contribution is -1.98. The minimum Gasteiger partial charge on any atom is -0.383 e. The molecule has 1 unspecified atom stereocenters. The number of aliphatic hydroxyl groups is 1. The van der Waals surface area contributed by atoms with Gasteiger partial charge in [-0.05, 0) is 25.1 Å². The highest BCUT2D eigenvalue weighted by Gasteiger charge is 2.13. The van der Waals surface area contributed by atoms with Crippen LogP contribution < -0.4 is 0 Å². The van der Waals surface area contributed by atoms with Crippen LogP contribution in [0.4, 0.5) is 4.39 Å². The molecule has 0 aromatic carbocycles. The lowest BCUT2D eigenvalue weighted by Gasteiger charge is -2.07. The van der Waals surface area contributed by atoms with Gasteiger partial charge in [0, 0.05) is 21.5 Å². The van der Waals surface area contributed by atoms with E-state index in [2.05, 4.69) is 4.98 Å². The first-order chi connectivity index (χ1) is 7.16. The van der Waals surface area contributed by atoms with Gasteiger partial charge in [0.05, 0.1) is 6.20 Å². The Morgan fingerprint density at radius 1 is 1.40 bits per heavy atom. The highest BCUT2D eigenvalue weighted by Crippen LogP contribution is 2.27. The van der Waals surface area contributed by atoms with Crippen LogP contribution in [-0.4, -0.2) is 10.1 Å². The molecule has 2 rings (SSSR count). The molecule has 0 fully saturated rings. The molecule has 2 nitrogen and oxygen atoms in total. The first kappa shape index (κ1) is 10.3. The van der Waals surface area contributed by atoms with E-state index in [0.717, 1.165) is 16.0 Å². The van der Waals surface area contributed by atoms with Gasteiger partial charge in [0.1, 0.15) is 11.9 Å². The molecule has 0 bridgehead atoms. The molecular formula is C11H10FNOS. The number of rotatable bonds is 2. The van der Waals surface area contributed by atoms with Gasteiger partial charge in [0.2, 0.25) is 0 Å². The number of pyridine rings is 1. The molecule has 0 spiro atoms. The van der Waals surface area contributed by atoms with E-state index in [0.29, 0.717) is 5.56 Å². The van der Waals surface area contributed by atoms with Crippen molar-refractivity contribution in [1.82, 2.24) is 4.98 Å². The van der Waals surface area contributed by atoms with E-state index in [1.807, 2.05) is 19.1 Å². The van der Waals surface area contributed by atoms with Gasteiger partial charge in [-0.3, -0.25) is 4.98 Å². The fourth-order valence-corrected chi connectivity index (χ4v) is 2.23. The third-order valence-electron chi connectivity index (χ3n) is 2.07. The van der Waals surface area contributed by atoms with Crippen molar-refractivity contribution in [3.8, 4) is 0 Å². The molecule has 15 heavy (non-hydrogen) atoms. The van der Waals surface area contributed by atoms with Crippen molar-refractivity contribution < 1.29 is 9.50 Å². The summed E-state index contributed by atoms with van der Waals surface area (Å²) in [5, 5.41) is 9.93. The molecule has 2 aromatic rings.